The smallest absolute Gasteiger partial charge is 0.248 e. The van der Waals surface area contributed by atoms with Crippen LogP contribution in [0.5, 0.6) is 5.88 Å². The van der Waals surface area contributed by atoms with Crippen LogP contribution in [-0.4, -0.2) is 56.5 Å². The first kappa shape index (κ1) is 21.0. The van der Waals surface area contributed by atoms with Crippen molar-refractivity contribution in [2.75, 3.05) is 35.7 Å². The number of nitriles is 1. The van der Waals surface area contributed by atoms with Crippen LogP contribution in [-0.2, 0) is 4.79 Å². The summed E-state index contributed by atoms with van der Waals surface area (Å²) in [6, 6.07) is 2.08. The number of piperidine rings is 1. The van der Waals surface area contributed by atoms with E-state index >= 15 is 0 Å². The minimum absolute atomic E-state index is 0.0689. The summed E-state index contributed by atoms with van der Waals surface area (Å²) < 4.78 is 7.00. The number of amides is 1. The fraction of sp³-hybridized carbons (Fsp3) is 0.333. The van der Waals surface area contributed by atoms with Crippen LogP contribution < -0.4 is 20.3 Å². The van der Waals surface area contributed by atoms with E-state index in [2.05, 4.69) is 42.0 Å². The molecule has 11 nitrogen and oxygen atoms in total. The standard InChI is InChI=1S/C21H23N9O2/c1-4-16(31)27-17-13(2)25-19-18(23-7-9-30(17)19)29-8-5-6-15(12-29)26-21-24-11-14(10-22)20(28-21)32-3/h4,7,9,11,15H,1,5-6,8,12H2,2-3H3,(H,27,31)(H,24,26,28)/t15-/m1/s1. The van der Waals surface area contributed by atoms with Crippen LogP contribution >= 0.6 is 0 Å². The van der Waals surface area contributed by atoms with Gasteiger partial charge in [-0.25, -0.2) is 15.0 Å². The molecule has 11 heteroatoms. The average molecular weight is 433 g/mol. The lowest BCUT2D eigenvalue weighted by Crippen LogP contribution is -2.43. The highest BCUT2D eigenvalue weighted by Gasteiger charge is 2.25. The fourth-order valence-corrected chi connectivity index (χ4v) is 3.76. The van der Waals surface area contributed by atoms with E-state index in [-0.39, 0.29) is 23.4 Å². The van der Waals surface area contributed by atoms with Crippen LogP contribution in [0, 0.1) is 18.3 Å². The Balaban J connectivity index is 1.57. The maximum atomic E-state index is 11.8. The number of nitrogens with zero attached hydrogens (tertiary/aromatic N) is 7. The third-order valence-electron chi connectivity index (χ3n) is 5.25. The van der Waals surface area contributed by atoms with Crippen LogP contribution in [0.4, 0.5) is 17.6 Å². The Labute approximate surface area is 184 Å². The largest absolute Gasteiger partial charge is 0.480 e. The van der Waals surface area contributed by atoms with E-state index < -0.39 is 0 Å². The van der Waals surface area contributed by atoms with Gasteiger partial charge in [0.15, 0.2) is 11.5 Å². The highest BCUT2D eigenvalue weighted by atomic mass is 16.5. The summed E-state index contributed by atoms with van der Waals surface area (Å²) in [5, 5.41) is 15.2. The minimum atomic E-state index is -0.298. The van der Waals surface area contributed by atoms with Crippen LogP contribution in [0.3, 0.4) is 0 Å². The molecule has 1 fully saturated rings. The van der Waals surface area contributed by atoms with Crippen molar-refractivity contribution in [3.63, 3.8) is 0 Å². The molecule has 32 heavy (non-hydrogen) atoms. The van der Waals surface area contributed by atoms with E-state index in [4.69, 9.17) is 10.00 Å². The van der Waals surface area contributed by atoms with Gasteiger partial charge in [-0.1, -0.05) is 6.58 Å². The minimum Gasteiger partial charge on any atom is -0.480 e. The van der Waals surface area contributed by atoms with Gasteiger partial charge in [-0.05, 0) is 25.8 Å². The topological polar surface area (TPSA) is 133 Å². The summed E-state index contributed by atoms with van der Waals surface area (Å²) in [5.74, 6) is 1.68. The number of aromatic nitrogens is 5. The Kier molecular flexibility index (Phi) is 5.85. The lowest BCUT2D eigenvalue weighted by atomic mass is 10.1. The molecule has 3 aromatic heterocycles. The molecular weight excluding hydrogens is 410 g/mol. The monoisotopic (exact) mass is 433 g/mol. The second kappa shape index (κ2) is 8.89. The number of fused-ring (bicyclic) bond motifs is 1. The van der Waals surface area contributed by atoms with Crippen LogP contribution in [0.1, 0.15) is 24.1 Å². The van der Waals surface area contributed by atoms with Gasteiger partial charge >= 0.3 is 0 Å². The van der Waals surface area contributed by atoms with Gasteiger partial charge in [-0.2, -0.15) is 10.2 Å². The van der Waals surface area contributed by atoms with E-state index in [9.17, 15) is 4.79 Å². The molecule has 2 N–H and O–H groups in total. The normalized spacial score (nSPS) is 15.8. The number of hydrogen-bond acceptors (Lipinski definition) is 9. The number of aryl methyl sites for hydroxylation is 1. The van der Waals surface area contributed by atoms with Gasteiger partial charge in [-0.15, -0.1) is 0 Å². The molecule has 3 aromatic rings. The van der Waals surface area contributed by atoms with Crippen LogP contribution in [0.15, 0.2) is 31.2 Å². The van der Waals surface area contributed by atoms with Crippen molar-refractivity contribution in [3.05, 3.63) is 42.5 Å². The zero-order chi connectivity index (χ0) is 22.7. The molecule has 0 bridgehead atoms. The number of carbonyl (C=O) groups is 1. The van der Waals surface area contributed by atoms with E-state index in [1.54, 1.807) is 12.4 Å². The van der Waals surface area contributed by atoms with Crippen molar-refractivity contribution in [2.24, 2.45) is 0 Å². The molecule has 164 valence electrons. The molecule has 0 spiro atoms. The van der Waals surface area contributed by atoms with Gasteiger partial charge < -0.3 is 20.3 Å². The lowest BCUT2D eigenvalue weighted by molar-refractivity contribution is -0.111. The summed E-state index contributed by atoms with van der Waals surface area (Å²) in [5.41, 5.74) is 1.65. The summed E-state index contributed by atoms with van der Waals surface area (Å²) in [7, 11) is 1.47. The maximum absolute atomic E-state index is 11.8. The zero-order valence-electron chi connectivity index (χ0n) is 17.9. The zero-order valence-corrected chi connectivity index (χ0v) is 17.9. The Bertz CT molecular complexity index is 1210. The summed E-state index contributed by atoms with van der Waals surface area (Å²) >= 11 is 0. The lowest BCUT2D eigenvalue weighted by Gasteiger charge is -2.34. The molecule has 0 unspecified atom stereocenters. The van der Waals surface area contributed by atoms with E-state index in [1.807, 2.05) is 17.4 Å². The number of rotatable bonds is 6. The molecule has 4 heterocycles. The highest BCUT2D eigenvalue weighted by molar-refractivity contribution is 5.99. The number of carbonyl (C=O) groups excluding carboxylic acids is 1. The van der Waals surface area contributed by atoms with Gasteiger partial charge in [0.2, 0.25) is 17.7 Å². The third-order valence-corrected chi connectivity index (χ3v) is 5.25. The molecule has 1 saturated heterocycles. The van der Waals surface area contributed by atoms with Gasteiger partial charge in [0.05, 0.1) is 19.0 Å². The number of ether oxygens (including phenoxy) is 1. The number of methoxy groups -OCH3 is 1. The average Bonchev–Trinajstić information content (AvgIpc) is 3.14. The fourth-order valence-electron chi connectivity index (χ4n) is 3.76. The Morgan fingerprint density at radius 3 is 3.00 bits per heavy atom. The first-order valence-corrected chi connectivity index (χ1v) is 10.1. The summed E-state index contributed by atoms with van der Waals surface area (Å²) in [6.45, 7) is 6.83. The Morgan fingerprint density at radius 1 is 1.41 bits per heavy atom. The summed E-state index contributed by atoms with van der Waals surface area (Å²) in [4.78, 5) is 31.7. The van der Waals surface area contributed by atoms with Gasteiger partial charge in [0.25, 0.3) is 0 Å². The quantitative estimate of drug-likeness (QED) is 0.559. The van der Waals surface area contributed by atoms with Crippen LogP contribution in [0.25, 0.3) is 5.65 Å². The molecule has 1 amide bonds. The maximum Gasteiger partial charge on any atom is 0.248 e. The van der Waals surface area contributed by atoms with E-state index in [1.165, 1.54) is 19.4 Å². The molecule has 1 atom stereocenters. The second-order valence-corrected chi connectivity index (χ2v) is 7.34. The highest BCUT2D eigenvalue weighted by Crippen LogP contribution is 2.27. The molecule has 1 aliphatic rings. The molecule has 0 radical (unpaired) electrons. The molecular formula is C21H23N9O2. The number of nitrogens with one attached hydrogen (secondary N) is 2. The first-order chi connectivity index (χ1) is 15.5. The van der Waals surface area contributed by atoms with Crippen molar-refractivity contribution < 1.29 is 9.53 Å². The van der Waals surface area contributed by atoms with E-state index in [0.717, 1.165) is 25.2 Å². The molecule has 0 aromatic carbocycles. The number of imidazole rings is 1. The van der Waals surface area contributed by atoms with Gasteiger partial charge in [0, 0.05) is 31.5 Å². The third kappa shape index (κ3) is 4.02. The van der Waals surface area contributed by atoms with Crippen molar-refractivity contribution in [2.45, 2.75) is 25.8 Å². The Hall–Kier alpha value is -4.20. The molecule has 0 aliphatic carbocycles. The van der Waals surface area contributed by atoms with Crippen molar-refractivity contribution in [1.29, 1.82) is 5.26 Å². The predicted molar refractivity (Wildman–Crippen MR) is 119 cm³/mol. The van der Waals surface area contributed by atoms with Crippen molar-refractivity contribution in [3.8, 4) is 11.9 Å². The van der Waals surface area contributed by atoms with Gasteiger partial charge in [-0.3, -0.25) is 9.20 Å². The predicted octanol–water partition coefficient (Wildman–Crippen LogP) is 1.91. The van der Waals surface area contributed by atoms with E-state index in [0.29, 0.717) is 29.7 Å². The van der Waals surface area contributed by atoms with Crippen molar-refractivity contribution >= 4 is 29.1 Å². The Morgan fingerprint density at radius 2 is 2.25 bits per heavy atom. The number of hydrogen-bond donors (Lipinski definition) is 2. The molecule has 1 aliphatic heterocycles. The van der Waals surface area contributed by atoms with Gasteiger partial charge in [0.1, 0.15) is 17.5 Å². The van der Waals surface area contributed by atoms with Crippen LogP contribution in [0.2, 0.25) is 0 Å². The second-order valence-electron chi connectivity index (χ2n) is 7.34. The number of anilines is 3. The molecule has 4 rings (SSSR count). The SMILES string of the molecule is C=CC(=O)Nc1c(C)nc2c(N3CCC[C@@H](Nc4ncc(C#N)c(OC)n4)C3)nccn12. The summed E-state index contributed by atoms with van der Waals surface area (Å²) in [6.07, 6.45) is 8.01. The van der Waals surface area contributed by atoms with Crippen molar-refractivity contribution in [1.82, 2.24) is 24.3 Å². The first-order valence-electron chi connectivity index (χ1n) is 10.1. The molecule has 0 saturated carbocycles.